The highest BCUT2D eigenvalue weighted by Gasteiger charge is 2.40. The van der Waals surface area contributed by atoms with Crippen molar-refractivity contribution in [3.63, 3.8) is 0 Å². The Labute approximate surface area is 637 Å². The van der Waals surface area contributed by atoms with Gasteiger partial charge in [-0.1, -0.05) is 411 Å². The average Bonchev–Trinajstić information content (AvgIpc) is 0.722. The summed E-state index contributed by atoms with van der Waals surface area (Å²) < 4.78 is 12.4. The number of fused-ring (bicyclic) bond motifs is 10. The van der Waals surface area contributed by atoms with Gasteiger partial charge in [0.15, 0.2) is 0 Å². The van der Waals surface area contributed by atoms with E-state index >= 15 is 0 Å². The van der Waals surface area contributed by atoms with Crippen LogP contribution < -0.4 is 25.9 Å². The second kappa shape index (κ2) is 40.1. The summed E-state index contributed by atoms with van der Waals surface area (Å²) in [5.74, 6) is 3.74. The third-order valence-corrected chi connectivity index (χ3v) is 18.1. The number of ether oxygens (including phenoxy) is 2. The molecule has 0 amide bonds. The van der Waals surface area contributed by atoms with Crippen molar-refractivity contribution in [1.82, 2.24) is 0 Å². The van der Waals surface area contributed by atoms with Crippen LogP contribution in [-0.4, -0.2) is 6.71 Å². The molecule has 0 bridgehead atoms. The monoisotopic (exact) mass is 1390 g/mol. The summed E-state index contributed by atoms with van der Waals surface area (Å²) in [6.07, 6.45) is 1.25. The maximum absolute atomic E-state index is 6.21. The van der Waals surface area contributed by atoms with Gasteiger partial charge in [-0.25, -0.2) is 0 Å². The second-order valence-electron chi connectivity index (χ2n) is 26.2. The SMILES string of the molecule is CC.CC.CCC.Cc1cc(-c2ccccc2)cc(-c2ccccc2)c1.Cc1ccc(-c2ccccc2)cc1.Cc1ccc2c(c1)Oc1ccc(C)c3c1B2c1ccccc1O3.Cc1ccccc1.c1ccc2c(c1)ccc1ccccc12.c1ccc2cc3ccccc3cc2c1.c1ccc2ccccc2c1. The molecule has 3 heteroatoms. The molecule has 107 heavy (non-hydrogen) atoms. The average molecular weight is 1390 g/mol. The molecule has 0 saturated carbocycles. The lowest BCUT2D eigenvalue weighted by atomic mass is 9.34. The number of hydrogen-bond donors (Lipinski definition) is 0. The Morgan fingerprint density at radius 2 is 0.570 bits per heavy atom. The van der Waals surface area contributed by atoms with Crippen LogP contribution in [0.15, 0.2) is 388 Å². The molecular weight excluding hydrogens is 1290 g/mol. The normalized spacial score (nSPS) is 10.6. The van der Waals surface area contributed by atoms with Gasteiger partial charge in [0.25, 0.3) is 6.71 Å². The zero-order chi connectivity index (χ0) is 75.1. The number of rotatable bonds is 3. The molecule has 0 spiro atoms. The zero-order valence-electron chi connectivity index (χ0n) is 64.1. The molecule has 0 aliphatic carbocycles. The molecule has 17 aromatic carbocycles. The lowest BCUT2D eigenvalue weighted by molar-refractivity contribution is 0.462. The summed E-state index contributed by atoms with van der Waals surface area (Å²) in [6, 6.07) is 135. The molecule has 0 atom stereocenters. The first-order valence-corrected chi connectivity index (χ1v) is 37.8. The van der Waals surface area contributed by atoms with Gasteiger partial charge in [-0.2, -0.15) is 0 Å². The minimum absolute atomic E-state index is 0.175. The lowest BCUT2D eigenvalue weighted by Gasteiger charge is -2.33. The Morgan fingerprint density at radius 1 is 0.224 bits per heavy atom. The molecule has 2 nitrogen and oxygen atoms in total. The van der Waals surface area contributed by atoms with E-state index in [0.29, 0.717) is 0 Å². The minimum atomic E-state index is 0.175. The summed E-state index contributed by atoms with van der Waals surface area (Å²) >= 11 is 0. The molecule has 0 N–H and O–H groups in total. The van der Waals surface area contributed by atoms with E-state index < -0.39 is 0 Å². The fourth-order valence-electron chi connectivity index (χ4n) is 12.9. The maximum atomic E-state index is 6.21. The van der Waals surface area contributed by atoms with Gasteiger partial charge in [0.2, 0.25) is 0 Å². The quantitative estimate of drug-likeness (QED) is 0.0997. The van der Waals surface area contributed by atoms with Gasteiger partial charge in [-0.3, -0.25) is 0 Å². The first-order chi connectivity index (χ1) is 52.6. The van der Waals surface area contributed by atoms with Gasteiger partial charge in [0.1, 0.15) is 23.0 Å². The van der Waals surface area contributed by atoms with Gasteiger partial charge in [-0.15, -0.1) is 0 Å². The van der Waals surface area contributed by atoms with Crippen LogP contribution in [0.3, 0.4) is 0 Å². The lowest BCUT2D eigenvalue weighted by Crippen LogP contribution is -2.57. The standard InChI is InChI=1S/C20H15BO2.C19H16.2C14H10.C13H12.C10H8.C7H8.C3H8.2C2H6/c1-12-7-9-15-18(11-12)22-17-10-8-13(2)20-19(17)21(15)14-5-3-4-6-16(14)23-20;1-15-12-18(16-8-4-2-5-9-16)14-19(13-15)17-10-6-3-7-11-17;1-3-7-13-11(5-1)9-10-12-6-2-4-8-14(12)13;1-2-6-12-10-14-8-4-3-7-13(14)9-11(12)5-1;1-11-7-9-13(10-8-11)12-5-3-2-4-6-12;1-2-6-10-8-4-3-7-9(10)5-1;1-7-5-3-2-4-6-7;1-3-2;2*1-2/h3-11H,1-2H3;2-14H,1H3;2*1-10H;2-10H,1H3;1-8H;2-6H,1H3;3H2,1-2H3;2*1-2H3. The van der Waals surface area contributed by atoms with Crippen LogP contribution in [0.25, 0.3) is 87.2 Å². The number of aryl methyl sites for hydroxylation is 5. The smallest absolute Gasteiger partial charge is 0.260 e. The van der Waals surface area contributed by atoms with Crippen molar-refractivity contribution in [2.45, 2.75) is 82.6 Å². The second-order valence-corrected chi connectivity index (χ2v) is 26.2. The highest BCUT2D eigenvalue weighted by atomic mass is 16.5. The van der Waals surface area contributed by atoms with Gasteiger partial charge < -0.3 is 9.47 Å². The van der Waals surface area contributed by atoms with Crippen molar-refractivity contribution < 1.29 is 9.47 Å². The molecule has 0 radical (unpaired) electrons. The summed E-state index contributed by atoms with van der Waals surface area (Å²) in [7, 11) is 0. The van der Waals surface area contributed by atoms with Crippen molar-refractivity contribution in [2.75, 3.05) is 0 Å². The predicted octanol–water partition coefficient (Wildman–Crippen LogP) is 28.3. The summed E-state index contributed by atoms with van der Waals surface area (Å²) in [5, 5.41) is 13.2. The van der Waals surface area contributed by atoms with E-state index in [9.17, 15) is 0 Å². The molecule has 0 saturated heterocycles. The fraction of sp³-hybridized carbons (Fsp3) is 0.115. The van der Waals surface area contributed by atoms with Crippen molar-refractivity contribution in [1.29, 1.82) is 0 Å². The first-order valence-electron chi connectivity index (χ1n) is 37.8. The van der Waals surface area contributed by atoms with E-state index in [0.717, 1.165) is 34.0 Å². The number of para-hydroxylation sites is 1. The van der Waals surface area contributed by atoms with Crippen molar-refractivity contribution >= 4 is 77.0 Å². The molecule has 19 rings (SSSR count). The van der Waals surface area contributed by atoms with E-state index in [1.54, 1.807) is 0 Å². The first kappa shape index (κ1) is 77.3. The molecule has 2 heterocycles. The van der Waals surface area contributed by atoms with Gasteiger partial charge in [0.05, 0.1) is 0 Å². The van der Waals surface area contributed by atoms with Gasteiger partial charge in [-0.05, 0) is 186 Å². The molecular formula is C104H99BO2. The molecule has 0 fully saturated rings. The van der Waals surface area contributed by atoms with E-state index in [4.69, 9.17) is 9.47 Å². The van der Waals surface area contributed by atoms with Crippen LogP contribution in [0.1, 0.15) is 75.8 Å². The van der Waals surface area contributed by atoms with E-state index in [1.165, 1.54) is 127 Å². The van der Waals surface area contributed by atoms with Crippen molar-refractivity contribution in [3.8, 4) is 56.4 Å². The highest BCUT2D eigenvalue weighted by molar-refractivity contribution is 6.98. The van der Waals surface area contributed by atoms with Crippen LogP contribution in [0.2, 0.25) is 0 Å². The summed E-state index contributed by atoms with van der Waals surface area (Å²) in [6.45, 7) is 22.9. The molecule has 2 aliphatic rings. The Kier molecular flexibility index (Phi) is 29.0. The Balaban J connectivity index is 0.000000134. The summed E-state index contributed by atoms with van der Waals surface area (Å²) in [5.41, 5.74) is 17.5. The molecule has 0 aromatic heterocycles. The Hall–Kier alpha value is -12.3. The predicted molar refractivity (Wildman–Crippen MR) is 469 cm³/mol. The van der Waals surface area contributed by atoms with Crippen molar-refractivity contribution in [3.05, 3.63) is 416 Å². The van der Waals surface area contributed by atoms with E-state index in [1.807, 2.05) is 64.1 Å². The Morgan fingerprint density at radius 3 is 1.01 bits per heavy atom. The molecule has 530 valence electrons. The fourth-order valence-corrected chi connectivity index (χ4v) is 12.9. The molecule has 17 aromatic rings. The van der Waals surface area contributed by atoms with Crippen LogP contribution >= 0.6 is 0 Å². The van der Waals surface area contributed by atoms with E-state index in [2.05, 4.69) is 400 Å². The number of hydrogen-bond acceptors (Lipinski definition) is 2. The maximum Gasteiger partial charge on any atom is 0.260 e. The van der Waals surface area contributed by atoms with Gasteiger partial charge in [0, 0.05) is 5.46 Å². The number of benzene rings is 17. The van der Waals surface area contributed by atoms with Crippen LogP contribution in [0, 0.1) is 34.6 Å². The highest BCUT2D eigenvalue weighted by Crippen LogP contribution is 2.37. The van der Waals surface area contributed by atoms with Gasteiger partial charge >= 0.3 is 0 Å². The third-order valence-electron chi connectivity index (χ3n) is 18.1. The largest absolute Gasteiger partial charge is 0.458 e. The van der Waals surface area contributed by atoms with E-state index in [-0.39, 0.29) is 6.71 Å². The summed E-state index contributed by atoms with van der Waals surface area (Å²) in [4.78, 5) is 0. The van der Waals surface area contributed by atoms with Crippen LogP contribution in [0.4, 0.5) is 0 Å². The molecule has 2 aliphatic heterocycles. The topological polar surface area (TPSA) is 18.5 Å². The molecule has 0 unspecified atom stereocenters. The zero-order valence-corrected chi connectivity index (χ0v) is 64.1. The minimum Gasteiger partial charge on any atom is -0.458 e. The van der Waals surface area contributed by atoms with Crippen LogP contribution in [0.5, 0.6) is 23.0 Å². The Bertz CT molecular complexity index is 5260. The third kappa shape index (κ3) is 21.0. The van der Waals surface area contributed by atoms with Crippen LogP contribution in [-0.2, 0) is 0 Å². The van der Waals surface area contributed by atoms with Crippen molar-refractivity contribution in [2.24, 2.45) is 0 Å².